The fourth-order valence-electron chi connectivity index (χ4n) is 3.88. The molecule has 1 N–H and O–H groups in total. The van der Waals surface area contributed by atoms with Crippen LogP contribution in [0.1, 0.15) is 5.69 Å². The fourth-order valence-corrected chi connectivity index (χ4v) is 3.88. The number of nitrogens with zero attached hydrogens (tertiary/aromatic N) is 9. The van der Waals surface area contributed by atoms with Crippen molar-refractivity contribution in [2.24, 2.45) is 7.05 Å². The summed E-state index contributed by atoms with van der Waals surface area (Å²) in [5, 5.41) is 20.6. The monoisotopic (exact) mass is 466 g/mol. The first kappa shape index (κ1) is 20.7. The van der Waals surface area contributed by atoms with Crippen molar-refractivity contribution in [1.29, 1.82) is 0 Å². The highest BCUT2D eigenvalue weighted by molar-refractivity contribution is 5.68. The molecule has 35 heavy (non-hydrogen) atoms. The van der Waals surface area contributed by atoms with Gasteiger partial charge in [0.1, 0.15) is 17.3 Å². The molecule has 0 radical (unpaired) electrons. The van der Waals surface area contributed by atoms with E-state index in [0.717, 1.165) is 22.8 Å². The largest absolute Gasteiger partial charge is 0.309 e. The van der Waals surface area contributed by atoms with Crippen LogP contribution in [-0.2, 0) is 7.05 Å². The lowest BCUT2D eigenvalue weighted by Crippen LogP contribution is -2.03. The average molecular weight is 466 g/mol. The number of aromatic nitrogens is 9. The molecule has 6 aromatic rings. The van der Waals surface area contributed by atoms with E-state index in [-0.39, 0.29) is 5.82 Å². The Bertz CT molecular complexity index is 1680. The molecule has 0 aliphatic carbocycles. The van der Waals surface area contributed by atoms with E-state index in [1.54, 1.807) is 33.9 Å². The first-order valence-electron chi connectivity index (χ1n) is 10.8. The van der Waals surface area contributed by atoms with Crippen LogP contribution >= 0.6 is 0 Å². The van der Waals surface area contributed by atoms with Gasteiger partial charge in [-0.15, -0.1) is 10.2 Å². The molecule has 172 valence electrons. The van der Waals surface area contributed by atoms with E-state index in [2.05, 4.69) is 35.7 Å². The van der Waals surface area contributed by atoms with Crippen molar-refractivity contribution in [1.82, 2.24) is 44.1 Å². The molecule has 0 aliphatic heterocycles. The molecule has 10 nitrogen and oxygen atoms in total. The zero-order valence-corrected chi connectivity index (χ0v) is 18.8. The average Bonchev–Trinajstić information content (AvgIpc) is 3.57. The number of anilines is 2. The SMILES string of the molecule is Cc1cc(-c2nnc3cc(-c4ccnc(Nc5ccnn5C)n4)ccn23)n(-c2cccc(F)c2)n1. The number of benzene rings is 1. The van der Waals surface area contributed by atoms with Gasteiger partial charge < -0.3 is 5.32 Å². The summed E-state index contributed by atoms with van der Waals surface area (Å²) < 4.78 is 19.1. The van der Waals surface area contributed by atoms with Crippen molar-refractivity contribution in [2.45, 2.75) is 6.92 Å². The van der Waals surface area contributed by atoms with Gasteiger partial charge in [-0.3, -0.25) is 9.08 Å². The molecule has 5 aromatic heterocycles. The Labute approximate surface area is 198 Å². The van der Waals surface area contributed by atoms with Gasteiger partial charge in [0.25, 0.3) is 0 Å². The van der Waals surface area contributed by atoms with E-state index in [1.807, 2.05) is 54.9 Å². The summed E-state index contributed by atoms with van der Waals surface area (Å²) >= 11 is 0. The van der Waals surface area contributed by atoms with Crippen molar-refractivity contribution < 1.29 is 4.39 Å². The third-order valence-corrected chi connectivity index (χ3v) is 5.54. The molecule has 5 heterocycles. The van der Waals surface area contributed by atoms with Gasteiger partial charge in [0.05, 0.1) is 23.3 Å². The minimum absolute atomic E-state index is 0.334. The normalized spacial score (nSPS) is 11.3. The van der Waals surface area contributed by atoms with E-state index in [0.29, 0.717) is 28.8 Å². The summed E-state index contributed by atoms with van der Waals surface area (Å²) in [5.41, 5.74) is 4.34. The molecule has 0 saturated heterocycles. The molecule has 0 aliphatic rings. The van der Waals surface area contributed by atoms with E-state index in [1.165, 1.54) is 12.1 Å². The first-order valence-corrected chi connectivity index (χ1v) is 10.8. The molecule has 0 saturated carbocycles. The Balaban J connectivity index is 1.37. The molecule has 6 rings (SSSR count). The van der Waals surface area contributed by atoms with Crippen molar-refractivity contribution in [3.05, 3.63) is 84.7 Å². The topological polar surface area (TPSA) is 104 Å². The van der Waals surface area contributed by atoms with Gasteiger partial charge in [0, 0.05) is 31.1 Å². The lowest BCUT2D eigenvalue weighted by Gasteiger charge is -2.08. The predicted octanol–water partition coefficient (Wildman–Crippen LogP) is 3.96. The quantitative estimate of drug-likeness (QED) is 0.410. The second-order valence-electron chi connectivity index (χ2n) is 7.96. The number of fused-ring (bicyclic) bond motifs is 1. The van der Waals surface area contributed by atoms with E-state index < -0.39 is 0 Å². The maximum Gasteiger partial charge on any atom is 0.228 e. The van der Waals surface area contributed by atoms with Gasteiger partial charge in [0.15, 0.2) is 11.5 Å². The molecule has 0 bridgehead atoms. The minimum Gasteiger partial charge on any atom is -0.309 e. The zero-order chi connectivity index (χ0) is 23.9. The van der Waals surface area contributed by atoms with Gasteiger partial charge in [0.2, 0.25) is 5.95 Å². The van der Waals surface area contributed by atoms with E-state index in [4.69, 9.17) is 0 Å². The molecular weight excluding hydrogens is 447 g/mol. The zero-order valence-electron chi connectivity index (χ0n) is 18.8. The molecule has 0 unspecified atom stereocenters. The Hall–Kier alpha value is -4.93. The maximum atomic E-state index is 13.9. The van der Waals surface area contributed by atoms with Crippen LogP contribution in [-0.4, -0.2) is 44.1 Å². The predicted molar refractivity (Wildman–Crippen MR) is 128 cm³/mol. The summed E-state index contributed by atoms with van der Waals surface area (Å²) in [6, 6.07) is 15.7. The van der Waals surface area contributed by atoms with Crippen LogP contribution in [0.5, 0.6) is 0 Å². The smallest absolute Gasteiger partial charge is 0.228 e. The minimum atomic E-state index is -0.334. The summed E-state index contributed by atoms with van der Waals surface area (Å²) in [6.07, 6.45) is 5.28. The highest BCUT2D eigenvalue weighted by Gasteiger charge is 2.17. The number of rotatable bonds is 5. The van der Waals surface area contributed by atoms with Crippen LogP contribution in [0.3, 0.4) is 0 Å². The molecular formula is C24H19FN10. The van der Waals surface area contributed by atoms with Crippen molar-refractivity contribution in [3.8, 4) is 28.5 Å². The van der Waals surface area contributed by atoms with Crippen LogP contribution in [0, 0.1) is 12.7 Å². The van der Waals surface area contributed by atoms with E-state index >= 15 is 0 Å². The van der Waals surface area contributed by atoms with Gasteiger partial charge in [-0.2, -0.15) is 10.2 Å². The van der Waals surface area contributed by atoms with Crippen LogP contribution in [0.2, 0.25) is 0 Å². The van der Waals surface area contributed by atoms with Crippen LogP contribution in [0.4, 0.5) is 16.2 Å². The Morgan fingerprint density at radius 1 is 0.971 bits per heavy atom. The summed E-state index contributed by atoms with van der Waals surface area (Å²) in [4.78, 5) is 8.93. The van der Waals surface area contributed by atoms with Gasteiger partial charge in [-0.05, 0) is 49.4 Å². The number of aryl methyl sites for hydroxylation is 2. The second-order valence-corrected chi connectivity index (χ2v) is 7.96. The molecule has 0 spiro atoms. The van der Waals surface area contributed by atoms with Gasteiger partial charge >= 0.3 is 0 Å². The summed E-state index contributed by atoms with van der Waals surface area (Å²) in [6.45, 7) is 1.88. The van der Waals surface area contributed by atoms with Crippen molar-refractivity contribution in [2.75, 3.05) is 5.32 Å². The van der Waals surface area contributed by atoms with Crippen LogP contribution < -0.4 is 5.32 Å². The second kappa shape index (κ2) is 8.13. The highest BCUT2D eigenvalue weighted by atomic mass is 19.1. The molecule has 0 amide bonds. The standard InChI is InChI=1S/C24H19FN10/c1-15-12-20(35(32-15)18-5-3-4-17(25)14-18)23-31-30-22-13-16(8-11-34(22)23)19-6-9-26-24(28-19)29-21-7-10-27-33(21)2/h3-14H,1-2H3,(H,26,28,29). The van der Waals surface area contributed by atoms with Crippen LogP contribution in [0.25, 0.3) is 34.1 Å². The van der Waals surface area contributed by atoms with Gasteiger partial charge in [-0.25, -0.2) is 19.0 Å². The Morgan fingerprint density at radius 3 is 2.71 bits per heavy atom. The molecule has 0 fully saturated rings. The number of nitrogens with one attached hydrogen (secondary N) is 1. The van der Waals surface area contributed by atoms with Crippen molar-refractivity contribution in [3.63, 3.8) is 0 Å². The number of pyridine rings is 1. The highest BCUT2D eigenvalue weighted by Crippen LogP contribution is 2.26. The molecule has 1 aromatic carbocycles. The maximum absolute atomic E-state index is 13.9. The lowest BCUT2D eigenvalue weighted by atomic mass is 10.2. The van der Waals surface area contributed by atoms with Gasteiger partial charge in [-0.1, -0.05) is 6.07 Å². The van der Waals surface area contributed by atoms with Crippen molar-refractivity contribution >= 4 is 17.4 Å². The number of hydrogen-bond donors (Lipinski definition) is 1. The fraction of sp³-hybridized carbons (Fsp3) is 0.0833. The third-order valence-electron chi connectivity index (χ3n) is 5.54. The Kier molecular flexibility index (Phi) is 4.80. The summed E-state index contributed by atoms with van der Waals surface area (Å²) in [7, 11) is 1.84. The van der Waals surface area contributed by atoms with E-state index in [9.17, 15) is 4.39 Å². The number of halogens is 1. The lowest BCUT2D eigenvalue weighted by molar-refractivity contribution is 0.625. The Morgan fingerprint density at radius 2 is 1.89 bits per heavy atom. The third kappa shape index (κ3) is 3.78. The molecule has 11 heteroatoms. The first-order chi connectivity index (χ1) is 17.0. The summed E-state index contributed by atoms with van der Waals surface area (Å²) in [5.74, 6) is 1.50. The molecule has 0 atom stereocenters. The van der Waals surface area contributed by atoms with Crippen LogP contribution in [0.15, 0.2) is 73.2 Å². The number of hydrogen-bond acceptors (Lipinski definition) is 7.